The van der Waals surface area contributed by atoms with Crippen molar-refractivity contribution in [2.24, 2.45) is 5.92 Å². The molecule has 1 aliphatic carbocycles. The number of hydrogen-bond acceptors (Lipinski definition) is 4. The monoisotopic (exact) mass is 285 g/mol. The third kappa shape index (κ3) is 2.93. The number of nitrogens with one attached hydrogen (secondary N) is 1. The minimum absolute atomic E-state index is 0.0660. The van der Waals surface area contributed by atoms with E-state index in [9.17, 15) is 4.79 Å². The first-order valence-electron chi connectivity index (χ1n) is 6.66. The molecule has 0 saturated carbocycles. The van der Waals surface area contributed by atoms with Gasteiger partial charge in [0, 0.05) is 17.5 Å². The zero-order chi connectivity index (χ0) is 13.8. The topological polar surface area (TPSA) is 54.9 Å². The Bertz CT molecular complexity index is 621. The predicted octanol–water partition coefficient (Wildman–Crippen LogP) is 3.50. The number of allylic oxidation sites excluding steroid dienone is 2. The fourth-order valence-electron chi connectivity index (χ4n) is 2.20. The molecule has 0 aliphatic heterocycles. The fraction of sp³-hybridized carbons (Fsp3) is 0.267. The number of amides is 1. The molecule has 3 rings (SSSR count). The average Bonchev–Trinajstić information content (AvgIpc) is 2.97. The summed E-state index contributed by atoms with van der Waals surface area (Å²) in [6, 6.07) is 5.70. The predicted molar refractivity (Wildman–Crippen MR) is 80.5 cm³/mol. The molecule has 0 fully saturated rings. The Morgan fingerprint density at radius 1 is 1.30 bits per heavy atom. The Morgan fingerprint density at radius 2 is 2.25 bits per heavy atom. The van der Waals surface area contributed by atoms with Crippen LogP contribution in [0.2, 0.25) is 0 Å². The van der Waals surface area contributed by atoms with Gasteiger partial charge in [-0.2, -0.15) is 0 Å². The third-order valence-electron chi connectivity index (χ3n) is 3.30. The van der Waals surface area contributed by atoms with Crippen LogP contribution in [0.3, 0.4) is 0 Å². The Morgan fingerprint density at radius 3 is 3.00 bits per heavy atom. The SMILES string of the molecule is O=C(Nc1nc(-c2ccccn2)cs1)C1CC=CCC1. The van der Waals surface area contributed by atoms with Gasteiger partial charge in [0.2, 0.25) is 5.91 Å². The Labute approximate surface area is 121 Å². The van der Waals surface area contributed by atoms with Gasteiger partial charge in [0.05, 0.1) is 5.69 Å². The van der Waals surface area contributed by atoms with Crippen molar-refractivity contribution >= 4 is 22.4 Å². The quantitative estimate of drug-likeness (QED) is 0.878. The molecule has 1 atom stereocenters. The zero-order valence-electron chi connectivity index (χ0n) is 11.0. The van der Waals surface area contributed by atoms with E-state index in [2.05, 4.69) is 27.4 Å². The minimum atomic E-state index is 0.0660. The smallest absolute Gasteiger partial charge is 0.229 e. The van der Waals surface area contributed by atoms with Crippen molar-refractivity contribution in [1.29, 1.82) is 0 Å². The highest BCUT2D eigenvalue weighted by Crippen LogP contribution is 2.25. The van der Waals surface area contributed by atoms with Gasteiger partial charge < -0.3 is 5.32 Å². The summed E-state index contributed by atoms with van der Waals surface area (Å²) in [5.74, 6) is 0.137. The molecular formula is C15H15N3OS. The van der Waals surface area contributed by atoms with E-state index in [1.165, 1.54) is 11.3 Å². The molecule has 4 nitrogen and oxygen atoms in total. The first kappa shape index (κ1) is 13.0. The zero-order valence-corrected chi connectivity index (χ0v) is 11.8. The number of anilines is 1. The molecule has 0 spiro atoms. The number of nitrogens with zero attached hydrogens (tertiary/aromatic N) is 2. The van der Waals surface area contributed by atoms with Gasteiger partial charge in [-0.05, 0) is 31.4 Å². The second-order valence-electron chi connectivity index (χ2n) is 4.72. The second-order valence-corrected chi connectivity index (χ2v) is 5.58. The fourth-order valence-corrected chi connectivity index (χ4v) is 2.91. The van der Waals surface area contributed by atoms with E-state index in [0.29, 0.717) is 5.13 Å². The minimum Gasteiger partial charge on any atom is -0.302 e. The summed E-state index contributed by atoms with van der Waals surface area (Å²) in [4.78, 5) is 20.8. The summed E-state index contributed by atoms with van der Waals surface area (Å²) in [5, 5.41) is 5.47. The van der Waals surface area contributed by atoms with E-state index in [0.717, 1.165) is 30.7 Å². The summed E-state index contributed by atoms with van der Waals surface area (Å²) in [6.07, 6.45) is 8.67. The maximum atomic E-state index is 12.1. The molecule has 1 unspecified atom stereocenters. The molecule has 1 N–H and O–H groups in total. The highest BCUT2D eigenvalue weighted by atomic mass is 32.1. The lowest BCUT2D eigenvalue weighted by molar-refractivity contribution is -0.120. The molecule has 5 heteroatoms. The molecule has 0 aromatic carbocycles. The van der Waals surface area contributed by atoms with Gasteiger partial charge in [-0.25, -0.2) is 4.98 Å². The van der Waals surface area contributed by atoms with Crippen LogP contribution in [0.1, 0.15) is 19.3 Å². The van der Waals surface area contributed by atoms with Crippen molar-refractivity contribution < 1.29 is 4.79 Å². The molecule has 102 valence electrons. The number of carbonyl (C=O) groups is 1. The van der Waals surface area contributed by atoms with E-state index in [1.807, 2.05) is 23.6 Å². The lowest BCUT2D eigenvalue weighted by Gasteiger charge is -2.15. The molecule has 20 heavy (non-hydrogen) atoms. The standard InChI is InChI=1S/C15H15N3OS/c19-14(11-6-2-1-3-7-11)18-15-17-13(10-20-15)12-8-4-5-9-16-12/h1-2,4-5,8-11H,3,6-7H2,(H,17,18,19). The van der Waals surface area contributed by atoms with Crippen molar-refractivity contribution in [2.75, 3.05) is 5.32 Å². The summed E-state index contributed by atoms with van der Waals surface area (Å²) in [5.41, 5.74) is 1.62. The van der Waals surface area contributed by atoms with Crippen molar-refractivity contribution in [3.8, 4) is 11.4 Å². The van der Waals surface area contributed by atoms with Gasteiger partial charge in [-0.3, -0.25) is 9.78 Å². The number of thiazole rings is 1. The number of aromatic nitrogens is 2. The third-order valence-corrected chi connectivity index (χ3v) is 4.06. The normalized spacial score (nSPS) is 17.9. The average molecular weight is 285 g/mol. The lowest BCUT2D eigenvalue weighted by atomic mass is 9.94. The van der Waals surface area contributed by atoms with Crippen LogP contribution in [0.15, 0.2) is 41.9 Å². The van der Waals surface area contributed by atoms with Crippen molar-refractivity contribution in [2.45, 2.75) is 19.3 Å². The van der Waals surface area contributed by atoms with E-state index < -0.39 is 0 Å². The number of hydrogen-bond donors (Lipinski definition) is 1. The lowest BCUT2D eigenvalue weighted by Crippen LogP contribution is -2.23. The first-order chi connectivity index (χ1) is 9.83. The molecule has 2 aromatic heterocycles. The van der Waals surface area contributed by atoms with Gasteiger partial charge in [-0.15, -0.1) is 11.3 Å². The van der Waals surface area contributed by atoms with E-state index in [-0.39, 0.29) is 11.8 Å². The largest absolute Gasteiger partial charge is 0.302 e. The van der Waals surface area contributed by atoms with Crippen LogP contribution in [0.4, 0.5) is 5.13 Å². The van der Waals surface area contributed by atoms with Crippen molar-refractivity contribution in [3.05, 3.63) is 41.9 Å². The molecule has 0 saturated heterocycles. The van der Waals surface area contributed by atoms with E-state index in [4.69, 9.17) is 0 Å². The number of pyridine rings is 1. The molecule has 2 heterocycles. The first-order valence-corrected chi connectivity index (χ1v) is 7.53. The molecule has 0 radical (unpaired) electrons. The van der Waals surface area contributed by atoms with E-state index >= 15 is 0 Å². The van der Waals surface area contributed by atoms with Crippen molar-refractivity contribution in [1.82, 2.24) is 9.97 Å². The van der Waals surface area contributed by atoms with Gasteiger partial charge in [0.15, 0.2) is 5.13 Å². The summed E-state index contributed by atoms with van der Waals surface area (Å²) >= 11 is 1.44. The summed E-state index contributed by atoms with van der Waals surface area (Å²) < 4.78 is 0. The van der Waals surface area contributed by atoms with Crippen LogP contribution in [-0.4, -0.2) is 15.9 Å². The van der Waals surface area contributed by atoms with Gasteiger partial charge in [0.1, 0.15) is 5.69 Å². The summed E-state index contributed by atoms with van der Waals surface area (Å²) in [7, 11) is 0. The number of rotatable bonds is 3. The van der Waals surface area contributed by atoms with Gasteiger partial charge in [0.25, 0.3) is 0 Å². The molecule has 0 bridgehead atoms. The van der Waals surface area contributed by atoms with Crippen LogP contribution in [0.5, 0.6) is 0 Å². The molecule has 1 aliphatic rings. The van der Waals surface area contributed by atoms with Gasteiger partial charge >= 0.3 is 0 Å². The van der Waals surface area contributed by atoms with Crippen LogP contribution >= 0.6 is 11.3 Å². The Hall–Kier alpha value is -2.01. The highest BCUT2D eigenvalue weighted by molar-refractivity contribution is 7.14. The Kier molecular flexibility index (Phi) is 3.87. The molecule has 2 aromatic rings. The number of carbonyl (C=O) groups excluding carboxylic acids is 1. The van der Waals surface area contributed by atoms with Crippen LogP contribution < -0.4 is 5.32 Å². The Balaban J connectivity index is 1.68. The van der Waals surface area contributed by atoms with Crippen LogP contribution in [0.25, 0.3) is 11.4 Å². The highest BCUT2D eigenvalue weighted by Gasteiger charge is 2.19. The molecule has 1 amide bonds. The van der Waals surface area contributed by atoms with E-state index in [1.54, 1.807) is 6.20 Å². The maximum absolute atomic E-state index is 12.1. The molecular weight excluding hydrogens is 270 g/mol. The summed E-state index contributed by atoms with van der Waals surface area (Å²) in [6.45, 7) is 0. The van der Waals surface area contributed by atoms with Crippen molar-refractivity contribution in [3.63, 3.8) is 0 Å². The van der Waals surface area contributed by atoms with Crippen LogP contribution in [0, 0.1) is 5.92 Å². The van der Waals surface area contributed by atoms with Gasteiger partial charge in [-0.1, -0.05) is 18.2 Å². The maximum Gasteiger partial charge on any atom is 0.229 e. The van der Waals surface area contributed by atoms with Crippen LogP contribution in [-0.2, 0) is 4.79 Å². The second kappa shape index (κ2) is 5.96.